The van der Waals surface area contributed by atoms with E-state index in [1.807, 2.05) is 65.7 Å². The van der Waals surface area contributed by atoms with Crippen molar-refractivity contribution in [3.05, 3.63) is 63.5 Å². The van der Waals surface area contributed by atoms with E-state index in [0.29, 0.717) is 17.9 Å². The van der Waals surface area contributed by atoms with Crippen LogP contribution in [0.2, 0.25) is 0 Å². The number of nitriles is 1. The minimum absolute atomic E-state index is 0.159. The molecule has 0 bridgehead atoms. The van der Waals surface area contributed by atoms with Gasteiger partial charge in [0.25, 0.3) is 0 Å². The smallest absolute Gasteiger partial charge is 0.235 e. The van der Waals surface area contributed by atoms with Crippen LogP contribution >= 0.6 is 23.1 Å². The van der Waals surface area contributed by atoms with E-state index in [9.17, 15) is 10.1 Å². The van der Waals surface area contributed by atoms with Gasteiger partial charge in [-0.2, -0.15) is 5.26 Å². The number of imidazole rings is 1. The number of para-hydroxylation sites is 2. The second-order valence-corrected chi connectivity index (χ2v) is 8.97. The maximum absolute atomic E-state index is 12.8. The summed E-state index contributed by atoms with van der Waals surface area (Å²) in [7, 11) is 1.95. The molecule has 0 aliphatic heterocycles. The summed E-state index contributed by atoms with van der Waals surface area (Å²) in [6.45, 7) is 4.52. The molecule has 1 amide bonds. The molecule has 4 aromatic rings. The Morgan fingerprint density at radius 1 is 1.27 bits per heavy atom. The van der Waals surface area contributed by atoms with E-state index in [1.54, 1.807) is 11.3 Å². The normalized spacial score (nSPS) is 11.0. The van der Waals surface area contributed by atoms with Gasteiger partial charge in [-0.05, 0) is 43.0 Å². The molecule has 30 heavy (non-hydrogen) atoms. The van der Waals surface area contributed by atoms with Crippen LogP contribution in [-0.4, -0.2) is 25.8 Å². The maximum Gasteiger partial charge on any atom is 0.235 e. The molecule has 1 N–H and O–H groups in total. The molecule has 3 heterocycles. The van der Waals surface area contributed by atoms with Gasteiger partial charge < -0.3 is 14.5 Å². The van der Waals surface area contributed by atoms with Crippen molar-refractivity contribution in [3.63, 3.8) is 0 Å². The summed E-state index contributed by atoms with van der Waals surface area (Å²) in [6, 6.07) is 14.2. The van der Waals surface area contributed by atoms with Crippen molar-refractivity contribution in [1.29, 1.82) is 5.26 Å². The lowest BCUT2D eigenvalue weighted by Gasteiger charge is -2.12. The van der Waals surface area contributed by atoms with Crippen molar-refractivity contribution < 1.29 is 4.79 Å². The van der Waals surface area contributed by atoms with Gasteiger partial charge in [0.1, 0.15) is 11.9 Å². The first-order valence-electron chi connectivity index (χ1n) is 9.46. The monoisotopic (exact) mass is 435 g/mol. The van der Waals surface area contributed by atoms with Gasteiger partial charge in [0.05, 0.1) is 28.9 Å². The molecule has 1 aromatic carbocycles. The fraction of sp³-hybridized carbons (Fsp3) is 0.227. The Kier molecular flexibility index (Phi) is 5.66. The lowest BCUT2D eigenvalue weighted by molar-refractivity contribution is -0.113. The molecule has 0 unspecified atom stereocenters. The molecule has 8 heteroatoms. The summed E-state index contributed by atoms with van der Waals surface area (Å²) in [5, 5.41) is 15.5. The molecule has 4 rings (SSSR count). The number of carbonyl (C=O) groups excluding carboxylic acids is 1. The Hall–Kier alpha value is -3.02. The number of rotatable bonds is 6. The molecule has 0 aliphatic rings. The number of nitrogens with zero attached hydrogens (tertiary/aromatic N) is 4. The Balaban J connectivity index is 1.54. The van der Waals surface area contributed by atoms with E-state index >= 15 is 0 Å². The van der Waals surface area contributed by atoms with Gasteiger partial charge in [-0.25, -0.2) is 4.98 Å². The average molecular weight is 436 g/mol. The SMILES string of the molecule is Cc1c(C#N)c(NC(=O)CSc2nc3ccccc3n2C)n(Cc2cccs2)c1C. The summed E-state index contributed by atoms with van der Waals surface area (Å²) in [5.74, 6) is 0.620. The molecular formula is C22H21N5OS2. The predicted molar refractivity (Wildman–Crippen MR) is 122 cm³/mol. The lowest BCUT2D eigenvalue weighted by atomic mass is 10.2. The molecule has 0 atom stereocenters. The number of carbonyl (C=O) groups is 1. The van der Waals surface area contributed by atoms with Crippen molar-refractivity contribution in [2.45, 2.75) is 25.5 Å². The van der Waals surface area contributed by atoms with E-state index in [1.165, 1.54) is 16.6 Å². The first kappa shape index (κ1) is 20.3. The zero-order valence-corrected chi connectivity index (χ0v) is 18.6. The van der Waals surface area contributed by atoms with Crippen molar-refractivity contribution >= 4 is 45.9 Å². The molecule has 0 radical (unpaired) electrons. The van der Waals surface area contributed by atoms with E-state index in [-0.39, 0.29) is 11.7 Å². The first-order valence-corrected chi connectivity index (χ1v) is 11.3. The lowest BCUT2D eigenvalue weighted by Crippen LogP contribution is -2.18. The van der Waals surface area contributed by atoms with Crippen molar-refractivity contribution in [2.24, 2.45) is 7.05 Å². The van der Waals surface area contributed by atoms with Crippen LogP contribution in [0.15, 0.2) is 46.9 Å². The van der Waals surface area contributed by atoms with E-state index < -0.39 is 0 Å². The van der Waals surface area contributed by atoms with Crippen LogP contribution in [0.4, 0.5) is 5.82 Å². The van der Waals surface area contributed by atoms with Gasteiger partial charge >= 0.3 is 0 Å². The maximum atomic E-state index is 12.8. The Bertz CT molecular complexity index is 1260. The average Bonchev–Trinajstić information content (AvgIpc) is 3.42. The summed E-state index contributed by atoms with van der Waals surface area (Å²) in [6.07, 6.45) is 0. The van der Waals surface area contributed by atoms with Crippen LogP contribution in [0, 0.1) is 25.2 Å². The first-order chi connectivity index (χ1) is 14.5. The number of benzene rings is 1. The van der Waals surface area contributed by atoms with Crippen LogP contribution in [0.25, 0.3) is 11.0 Å². The number of hydrogen-bond donors (Lipinski definition) is 1. The third-order valence-electron chi connectivity index (χ3n) is 5.17. The number of nitrogens with one attached hydrogen (secondary N) is 1. The van der Waals surface area contributed by atoms with Gasteiger partial charge in [-0.1, -0.05) is 30.0 Å². The zero-order valence-electron chi connectivity index (χ0n) is 17.0. The Labute approximate surface area is 183 Å². The number of amides is 1. The van der Waals surface area contributed by atoms with Gasteiger partial charge in [0, 0.05) is 17.6 Å². The molecule has 0 spiro atoms. The fourth-order valence-corrected chi connectivity index (χ4v) is 4.92. The van der Waals surface area contributed by atoms with Crippen LogP contribution in [0.1, 0.15) is 21.7 Å². The predicted octanol–water partition coefficient (Wildman–Crippen LogP) is 4.70. The molecule has 152 valence electrons. The summed E-state index contributed by atoms with van der Waals surface area (Å²) in [5.41, 5.74) is 4.34. The molecule has 0 saturated carbocycles. The minimum Gasteiger partial charge on any atom is -0.325 e. The molecule has 3 aromatic heterocycles. The molecule has 0 aliphatic carbocycles. The number of thioether (sulfide) groups is 1. The van der Waals surface area contributed by atoms with Crippen LogP contribution in [0.5, 0.6) is 0 Å². The number of fused-ring (bicyclic) bond motifs is 1. The Morgan fingerprint density at radius 2 is 2.07 bits per heavy atom. The summed E-state index contributed by atoms with van der Waals surface area (Å²) < 4.78 is 4.00. The summed E-state index contributed by atoms with van der Waals surface area (Å²) >= 11 is 3.04. The Morgan fingerprint density at radius 3 is 2.77 bits per heavy atom. The van der Waals surface area contributed by atoms with E-state index in [2.05, 4.69) is 22.4 Å². The highest BCUT2D eigenvalue weighted by Crippen LogP contribution is 2.29. The highest BCUT2D eigenvalue weighted by atomic mass is 32.2. The number of aryl methyl sites for hydroxylation is 1. The molecule has 0 fully saturated rings. The molecule has 6 nitrogen and oxygen atoms in total. The number of hydrogen-bond acceptors (Lipinski definition) is 5. The zero-order chi connectivity index (χ0) is 21.3. The van der Waals surface area contributed by atoms with Gasteiger partial charge in [0.15, 0.2) is 5.16 Å². The van der Waals surface area contributed by atoms with E-state index in [4.69, 9.17) is 0 Å². The number of thiophene rings is 1. The third kappa shape index (κ3) is 3.74. The highest BCUT2D eigenvalue weighted by molar-refractivity contribution is 7.99. The number of aromatic nitrogens is 3. The minimum atomic E-state index is -0.159. The quantitative estimate of drug-likeness (QED) is 0.445. The van der Waals surface area contributed by atoms with E-state index in [0.717, 1.165) is 27.4 Å². The van der Waals surface area contributed by atoms with Crippen LogP contribution in [-0.2, 0) is 18.4 Å². The second kappa shape index (κ2) is 8.38. The molecular weight excluding hydrogens is 414 g/mol. The number of anilines is 1. The fourth-order valence-electron chi connectivity index (χ4n) is 3.44. The van der Waals surface area contributed by atoms with Gasteiger partial charge in [0.2, 0.25) is 5.91 Å². The van der Waals surface area contributed by atoms with Gasteiger partial charge in [-0.15, -0.1) is 11.3 Å². The third-order valence-corrected chi connectivity index (χ3v) is 7.06. The van der Waals surface area contributed by atoms with Crippen molar-refractivity contribution in [3.8, 4) is 6.07 Å². The second-order valence-electron chi connectivity index (χ2n) is 6.99. The topological polar surface area (TPSA) is 75.6 Å². The standard InChI is InChI=1S/C22H21N5OS2/c1-14-15(2)27(12-16-7-6-10-29-16)21(17(14)11-23)25-20(28)13-30-22-24-18-8-4-5-9-19(18)26(22)3/h4-10H,12-13H2,1-3H3,(H,25,28). The largest absolute Gasteiger partial charge is 0.325 e. The van der Waals surface area contributed by atoms with Crippen molar-refractivity contribution in [2.75, 3.05) is 11.1 Å². The van der Waals surface area contributed by atoms with Crippen LogP contribution < -0.4 is 5.32 Å². The molecule has 0 saturated heterocycles. The van der Waals surface area contributed by atoms with Gasteiger partial charge in [-0.3, -0.25) is 4.79 Å². The summed E-state index contributed by atoms with van der Waals surface area (Å²) in [4.78, 5) is 18.5. The van der Waals surface area contributed by atoms with Crippen molar-refractivity contribution in [1.82, 2.24) is 14.1 Å². The van der Waals surface area contributed by atoms with Crippen LogP contribution in [0.3, 0.4) is 0 Å². The highest BCUT2D eigenvalue weighted by Gasteiger charge is 2.20.